The van der Waals surface area contributed by atoms with Crippen molar-refractivity contribution in [3.05, 3.63) is 71.3 Å². The second kappa shape index (κ2) is 32.9. The number of nitrogens with one attached hydrogen (secondary N) is 3. The molecule has 2 heterocycles. The number of aryl methyl sites for hydroxylation is 1. The smallest absolute Gasteiger partial charge is 0.326 e. The Morgan fingerprint density at radius 1 is 0.586 bits per heavy atom. The first-order chi connectivity index (χ1) is 40.7. The molecule has 2 aliphatic rings. The maximum atomic E-state index is 15.0. The summed E-state index contributed by atoms with van der Waals surface area (Å²) in [5.74, 6) is -6.35. The van der Waals surface area contributed by atoms with Gasteiger partial charge in [0.2, 0.25) is 47.3 Å². The number of benzene rings is 2. The van der Waals surface area contributed by atoms with Crippen molar-refractivity contribution in [2.45, 2.75) is 200 Å². The van der Waals surface area contributed by atoms with Crippen molar-refractivity contribution in [1.29, 1.82) is 0 Å². The van der Waals surface area contributed by atoms with Gasteiger partial charge < -0.3 is 55.2 Å². The molecule has 22 heteroatoms. The van der Waals surface area contributed by atoms with E-state index < -0.39 is 107 Å². The fourth-order valence-electron chi connectivity index (χ4n) is 11.0. The number of carbonyl (C=O) groups excluding carboxylic acids is 10. The van der Waals surface area contributed by atoms with Gasteiger partial charge in [0, 0.05) is 68.2 Å². The average Bonchev–Trinajstić information content (AvgIpc) is 3.35. The standard InChI is InChI=1S/C65H102N10O12/c1-40(2)34-49-58(80)68-55(63(85)75-32-22-19-23-33-75)47-30-24-28-45(37-47)29-25-31-53(77)69(12)43(7)59(81)72(15)52(38-46-26-20-18-21-27-46)61(83)71(14)50(35-41(3)4)57(79)67-54(44(8)76)62(84)74(17)64(86)73(16)51(36-42(5)6)56(78)66-48(60(82)70(49)13)39-87-65(9,10)11/h18,20-21,24,26-28,30,37,40-44,48-52,54-55,76H,19,22-23,25,29,31-36,38-39H2,1-17H3,(H,66,78)(H,67,79)(H,68,80)/t43-,44+,48-,49-,50-,51-,52-,54-,55-/m0/s1. The van der Waals surface area contributed by atoms with Crippen LogP contribution in [-0.4, -0.2) is 215 Å². The van der Waals surface area contributed by atoms with Gasteiger partial charge in [0.15, 0.2) is 0 Å². The Labute approximate surface area is 516 Å². The van der Waals surface area contributed by atoms with Crippen molar-refractivity contribution in [2.24, 2.45) is 17.8 Å². The van der Waals surface area contributed by atoms with E-state index in [4.69, 9.17) is 4.74 Å². The number of likely N-dealkylation sites (N-methyl/N-ethyl adjacent to an activating group) is 6. The number of nitrogens with zero attached hydrogens (tertiary/aromatic N) is 7. The molecular formula is C65H102N10O12. The Bertz CT molecular complexity index is 2690. The average molecular weight is 1220 g/mol. The maximum Gasteiger partial charge on any atom is 0.326 e. The fourth-order valence-corrected chi connectivity index (χ4v) is 11.0. The van der Waals surface area contributed by atoms with Crippen LogP contribution in [-0.2, 0) is 60.7 Å². The molecule has 0 unspecified atom stereocenters. The van der Waals surface area contributed by atoms with Crippen LogP contribution in [0, 0.1) is 17.8 Å². The zero-order valence-electron chi connectivity index (χ0n) is 54.9. The Hall–Kier alpha value is -6.94. The second-order valence-corrected chi connectivity index (χ2v) is 26.1. The lowest BCUT2D eigenvalue weighted by molar-refractivity contribution is -0.151. The van der Waals surface area contributed by atoms with E-state index in [9.17, 15) is 43.5 Å². The molecule has 0 spiro atoms. The van der Waals surface area contributed by atoms with Crippen LogP contribution in [0.3, 0.4) is 0 Å². The molecule has 1 saturated heterocycles. The summed E-state index contributed by atoms with van der Waals surface area (Å²) in [5, 5.41) is 19.7. The monoisotopic (exact) mass is 1210 g/mol. The molecule has 2 aromatic carbocycles. The molecule has 0 aromatic heterocycles. The van der Waals surface area contributed by atoms with Gasteiger partial charge in [0.25, 0.3) is 5.91 Å². The molecule has 0 radical (unpaired) electrons. The van der Waals surface area contributed by atoms with Crippen molar-refractivity contribution in [2.75, 3.05) is 62.0 Å². The summed E-state index contributed by atoms with van der Waals surface area (Å²) in [4.78, 5) is 156. The van der Waals surface area contributed by atoms with Crippen molar-refractivity contribution in [3.8, 4) is 0 Å². The molecule has 484 valence electrons. The molecule has 22 nitrogen and oxygen atoms in total. The highest BCUT2D eigenvalue weighted by Crippen LogP contribution is 2.25. The molecule has 0 saturated carbocycles. The third-order valence-electron chi connectivity index (χ3n) is 16.4. The van der Waals surface area contributed by atoms with Crippen LogP contribution in [0.15, 0.2) is 54.6 Å². The molecule has 0 aliphatic carbocycles. The minimum absolute atomic E-state index is 0.0299. The van der Waals surface area contributed by atoms with Crippen molar-refractivity contribution < 1.29 is 57.8 Å². The molecule has 2 aromatic rings. The molecule has 2 aliphatic heterocycles. The van der Waals surface area contributed by atoms with Crippen LogP contribution in [0.1, 0.15) is 150 Å². The molecule has 4 N–H and O–H groups in total. The number of ether oxygens (including phenoxy) is 1. The number of aliphatic hydroxyl groups excluding tert-OH is 1. The third kappa shape index (κ3) is 20.6. The normalized spacial score (nSPS) is 24.7. The first-order valence-corrected chi connectivity index (χ1v) is 30.9. The molecule has 4 rings (SSSR count). The van der Waals surface area contributed by atoms with E-state index in [-0.39, 0.29) is 68.3 Å². The summed E-state index contributed by atoms with van der Waals surface area (Å²) in [5.41, 5.74) is 1.18. The SMILES string of the molecule is CC(C)C[C@H]1C(=O)N[C@H](C(=O)N2CCCCC2)c2cccc(c2)CCCC(=O)N(C)[C@@H](C)C(=O)N(C)[C@@H](Cc2ccccc2)C(=O)N(C)[C@@H](CC(C)C)C(=O)N[C@@H]([C@@H](C)O)C(=O)N(C)C(=O)N(C)[C@@H](CC(C)C)C(=O)N[C@@H](COC(C)(C)C)C(=O)N1C. The van der Waals surface area contributed by atoms with Crippen LogP contribution in [0.25, 0.3) is 0 Å². The van der Waals surface area contributed by atoms with Crippen molar-refractivity contribution in [1.82, 2.24) is 50.2 Å². The number of aliphatic hydroxyl groups is 1. The first-order valence-electron chi connectivity index (χ1n) is 30.9. The number of fused-ring (bicyclic) bond motifs is 2. The van der Waals surface area contributed by atoms with E-state index in [1.54, 1.807) is 69.0 Å². The van der Waals surface area contributed by atoms with E-state index in [2.05, 4.69) is 16.0 Å². The topological polar surface area (TPSA) is 259 Å². The van der Waals surface area contributed by atoms with Gasteiger partial charge in [-0.3, -0.25) is 48.1 Å². The van der Waals surface area contributed by atoms with E-state index in [1.165, 1.54) is 61.8 Å². The first kappa shape index (κ1) is 72.5. The number of amides is 11. The van der Waals surface area contributed by atoms with E-state index in [0.29, 0.717) is 42.0 Å². The number of piperidine rings is 1. The predicted octanol–water partition coefficient (Wildman–Crippen LogP) is 4.95. The fraction of sp³-hybridized carbons (Fsp3) is 0.662. The summed E-state index contributed by atoms with van der Waals surface area (Å²) in [6.45, 7) is 19.9. The van der Waals surface area contributed by atoms with Crippen molar-refractivity contribution in [3.63, 3.8) is 0 Å². The van der Waals surface area contributed by atoms with Gasteiger partial charge in [-0.15, -0.1) is 0 Å². The third-order valence-corrected chi connectivity index (χ3v) is 16.4. The molecular weight excluding hydrogens is 1110 g/mol. The summed E-state index contributed by atoms with van der Waals surface area (Å²) < 4.78 is 6.15. The highest BCUT2D eigenvalue weighted by molar-refractivity contribution is 6.02. The van der Waals surface area contributed by atoms with E-state index in [1.807, 2.05) is 59.7 Å². The van der Waals surface area contributed by atoms with Gasteiger partial charge in [-0.1, -0.05) is 96.1 Å². The minimum atomic E-state index is -1.74. The number of imide groups is 1. The number of urea groups is 1. The quantitative estimate of drug-likeness (QED) is 0.220. The predicted molar refractivity (Wildman–Crippen MR) is 332 cm³/mol. The van der Waals surface area contributed by atoms with Gasteiger partial charge >= 0.3 is 6.03 Å². The lowest BCUT2D eigenvalue weighted by Crippen LogP contribution is -2.62. The molecule has 2 bridgehead atoms. The molecule has 1 fully saturated rings. The van der Waals surface area contributed by atoms with E-state index in [0.717, 1.165) is 36.8 Å². The summed E-state index contributed by atoms with van der Waals surface area (Å²) >= 11 is 0. The zero-order valence-corrected chi connectivity index (χ0v) is 54.9. The summed E-state index contributed by atoms with van der Waals surface area (Å²) in [6.07, 6.45) is 2.02. The number of carbonyl (C=O) groups is 10. The largest absolute Gasteiger partial charge is 0.391 e. The number of hydrogen-bond donors (Lipinski definition) is 4. The van der Waals surface area contributed by atoms with Crippen LogP contribution in [0.4, 0.5) is 4.79 Å². The number of likely N-dealkylation sites (tertiary alicyclic amines) is 1. The molecule has 11 amide bonds. The Kier molecular flexibility index (Phi) is 27.4. The lowest BCUT2D eigenvalue weighted by atomic mass is 9.97. The highest BCUT2D eigenvalue weighted by Gasteiger charge is 2.43. The Morgan fingerprint density at radius 3 is 1.64 bits per heavy atom. The van der Waals surface area contributed by atoms with Crippen molar-refractivity contribution >= 4 is 59.2 Å². The van der Waals surface area contributed by atoms with Crippen LogP contribution in [0.5, 0.6) is 0 Å². The van der Waals surface area contributed by atoms with Crippen LogP contribution >= 0.6 is 0 Å². The minimum Gasteiger partial charge on any atom is -0.391 e. The Morgan fingerprint density at radius 2 is 1.10 bits per heavy atom. The molecule has 9 atom stereocenters. The van der Waals surface area contributed by atoms with Gasteiger partial charge in [-0.25, -0.2) is 4.79 Å². The van der Waals surface area contributed by atoms with Gasteiger partial charge in [0.05, 0.1) is 18.3 Å². The number of rotatable bonds is 12. The zero-order chi connectivity index (χ0) is 65.4. The Balaban J connectivity index is 1.90. The van der Waals surface area contributed by atoms with Gasteiger partial charge in [-0.2, -0.15) is 0 Å². The maximum absolute atomic E-state index is 15.0. The summed E-state index contributed by atoms with van der Waals surface area (Å²) in [6, 6.07) is 4.98. The van der Waals surface area contributed by atoms with Gasteiger partial charge in [-0.05, 0) is 120 Å². The lowest BCUT2D eigenvalue weighted by Gasteiger charge is -2.38. The molecule has 87 heavy (non-hydrogen) atoms. The van der Waals surface area contributed by atoms with Crippen LogP contribution in [0.2, 0.25) is 0 Å². The summed E-state index contributed by atoms with van der Waals surface area (Å²) in [7, 11) is 8.34. The van der Waals surface area contributed by atoms with Crippen LogP contribution < -0.4 is 16.0 Å². The second-order valence-electron chi connectivity index (χ2n) is 26.1. The number of hydrogen-bond acceptors (Lipinski definition) is 12. The van der Waals surface area contributed by atoms with Gasteiger partial charge in [0.1, 0.15) is 48.3 Å². The highest BCUT2D eigenvalue weighted by atomic mass is 16.5. The van der Waals surface area contributed by atoms with E-state index >= 15 is 9.59 Å².